The van der Waals surface area contributed by atoms with E-state index in [1.54, 1.807) is 54.9 Å². The smallest absolute Gasteiger partial charge is 0.261 e. The topological polar surface area (TPSA) is 83.9 Å². The normalized spacial score (nSPS) is 10.8. The molecule has 7 nitrogen and oxygen atoms in total. The van der Waals surface area contributed by atoms with Gasteiger partial charge in [-0.2, -0.15) is 0 Å². The molecule has 150 valence electrons. The summed E-state index contributed by atoms with van der Waals surface area (Å²) in [5, 5.41) is 0.482. The molecule has 30 heavy (non-hydrogen) atoms. The summed E-state index contributed by atoms with van der Waals surface area (Å²) in [4.78, 5) is 38.8. The van der Waals surface area contributed by atoms with Crippen LogP contribution in [-0.2, 0) is 20.1 Å². The monoisotopic (exact) mass is 417 g/mol. The van der Waals surface area contributed by atoms with Crippen LogP contribution >= 0.6 is 12.2 Å². The van der Waals surface area contributed by atoms with Gasteiger partial charge in [0, 0.05) is 50.5 Å². The lowest BCUT2D eigenvalue weighted by molar-refractivity contribution is 0.0730. The van der Waals surface area contributed by atoms with Crippen LogP contribution in [0.5, 0.6) is 0 Å². The van der Waals surface area contributed by atoms with Crippen LogP contribution in [0.25, 0.3) is 10.9 Å². The van der Waals surface area contributed by atoms with Crippen LogP contribution in [0.15, 0.2) is 72.0 Å². The van der Waals surface area contributed by atoms with Crippen LogP contribution in [0.1, 0.15) is 21.5 Å². The summed E-state index contributed by atoms with van der Waals surface area (Å²) in [5.41, 5.74) is 2.71. The zero-order valence-corrected chi connectivity index (χ0v) is 17.1. The van der Waals surface area contributed by atoms with E-state index in [0.717, 1.165) is 11.1 Å². The molecule has 0 aliphatic heterocycles. The fourth-order valence-corrected chi connectivity index (χ4v) is 3.43. The Morgan fingerprint density at radius 1 is 1.07 bits per heavy atom. The molecule has 0 atom stereocenters. The third-order valence-corrected chi connectivity index (χ3v) is 5.23. The molecule has 4 rings (SSSR count). The maximum atomic E-state index is 13.4. The first-order valence-electron chi connectivity index (χ1n) is 9.33. The molecule has 0 fully saturated rings. The quantitative estimate of drug-likeness (QED) is 0.504. The Kier molecular flexibility index (Phi) is 5.49. The molecule has 0 bridgehead atoms. The lowest BCUT2D eigenvalue weighted by Crippen LogP contribution is -2.30. The van der Waals surface area contributed by atoms with Crippen LogP contribution in [0.4, 0.5) is 0 Å². The van der Waals surface area contributed by atoms with Crippen LogP contribution in [-0.4, -0.2) is 30.3 Å². The van der Waals surface area contributed by atoms with E-state index in [1.807, 2.05) is 24.3 Å². The number of hydrogen-bond donors (Lipinski definition) is 1. The summed E-state index contributed by atoms with van der Waals surface area (Å²) in [6.45, 7) is 0.820. The lowest BCUT2D eigenvalue weighted by Gasteiger charge is -2.23. The first kappa shape index (κ1) is 19.7. The van der Waals surface area contributed by atoms with Crippen molar-refractivity contribution in [2.24, 2.45) is 7.05 Å². The Labute approximate surface area is 177 Å². The highest BCUT2D eigenvalue weighted by Gasteiger charge is 2.18. The highest BCUT2D eigenvalue weighted by Crippen LogP contribution is 2.17. The summed E-state index contributed by atoms with van der Waals surface area (Å²) in [5.74, 6) is -0.155. The molecule has 3 aromatic heterocycles. The number of fused-ring (bicyclic) bond motifs is 1. The van der Waals surface area contributed by atoms with E-state index in [4.69, 9.17) is 12.2 Å². The van der Waals surface area contributed by atoms with Gasteiger partial charge < -0.3 is 9.88 Å². The molecule has 0 aliphatic rings. The maximum Gasteiger partial charge on any atom is 0.261 e. The minimum atomic E-state index is -0.197. The highest BCUT2D eigenvalue weighted by atomic mass is 32.1. The van der Waals surface area contributed by atoms with Crippen LogP contribution in [0.2, 0.25) is 0 Å². The third kappa shape index (κ3) is 4.04. The summed E-state index contributed by atoms with van der Waals surface area (Å²) in [7, 11) is 1.62. The minimum Gasteiger partial charge on any atom is -0.332 e. The highest BCUT2D eigenvalue weighted by molar-refractivity contribution is 7.71. The van der Waals surface area contributed by atoms with Crippen LogP contribution in [0.3, 0.4) is 0 Å². The van der Waals surface area contributed by atoms with Crippen molar-refractivity contribution in [2.45, 2.75) is 13.1 Å². The van der Waals surface area contributed by atoms with E-state index in [1.165, 1.54) is 4.57 Å². The second-order valence-corrected chi connectivity index (χ2v) is 7.32. The molecule has 1 N–H and O–H groups in total. The first-order chi connectivity index (χ1) is 14.5. The van der Waals surface area contributed by atoms with Gasteiger partial charge in [0.1, 0.15) is 0 Å². The van der Waals surface area contributed by atoms with Crippen LogP contribution < -0.4 is 5.56 Å². The molecule has 4 aromatic rings. The summed E-state index contributed by atoms with van der Waals surface area (Å²) in [6, 6.07) is 12.5. The molecule has 0 aliphatic carbocycles. The molecule has 0 spiro atoms. The van der Waals surface area contributed by atoms with Crippen molar-refractivity contribution in [3.63, 3.8) is 0 Å². The number of hydrogen-bond acceptors (Lipinski definition) is 5. The third-order valence-electron chi connectivity index (χ3n) is 4.85. The molecule has 0 saturated heterocycles. The van der Waals surface area contributed by atoms with E-state index in [-0.39, 0.29) is 11.5 Å². The predicted molar refractivity (Wildman–Crippen MR) is 116 cm³/mol. The number of nitrogens with zero attached hydrogens (tertiary/aromatic N) is 4. The molecular formula is C22H19N5O2S. The number of aromatic nitrogens is 4. The average molecular weight is 417 g/mol. The number of benzene rings is 1. The summed E-state index contributed by atoms with van der Waals surface area (Å²) in [6.07, 6.45) is 6.85. The van der Waals surface area contributed by atoms with Gasteiger partial charge in [-0.25, -0.2) is 0 Å². The molecular weight excluding hydrogens is 398 g/mol. The predicted octanol–water partition coefficient (Wildman–Crippen LogP) is 3.23. The fraction of sp³-hybridized carbons (Fsp3) is 0.136. The standard InChI is InChI=1S/C22H19N5O2S/c1-26-21(29)18-5-4-17(11-19(18)25-22(26)30)20(28)27(13-15-6-9-23-10-7-15)14-16-3-2-8-24-12-16/h2-12H,13-14H2,1H3,(H,25,30). The zero-order chi connectivity index (χ0) is 21.1. The second kappa shape index (κ2) is 8.38. The number of H-pyrrole nitrogens is 1. The van der Waals surface area contributed by atoms with Gasteiger partial charge in [0.05, 0.1) is 10.9 Å². The Hall–Kier alpha value is -3.65. The van der Waals surface area contributed by atoms with Crippen molar-refractivity contribution < 1.29 is 4.79 Å². The van der Waals surface area contributed by atoms with Gasteiger partial charge in [-0.1, -0.05) is 6.07 Å². The minimum absolute atomic E-state index is 0.155. The largest absolute Gasteiger partial charge is 0.332 e. The summed E-state index contributed by atoms with van der Waals surface area (Å²) < 4.78 is 1.68. The van der Waals surface area contributed by atoms with E-state index in [9.17, 15) is 9.59 Å². The molecule has 0 saturated carbocycles. The number of aromatic amines is 1. The molecule has 3 heterocycles. The van der Waals surface area contributed by atoms with Gasteiger partial charge in [0.2, 0.25) is 0 Å². The Balaban J connectivity index is 1.72. The molecule has 0 unspecified atom stereocenters. The van der Waals surface area contributed by atoms with E-state index < -0.39 is 0 Å². The van der Waals surface area contributed by atoms with Crippen molar-refractivity contribution in [3.05, 3.63) is 99.1 Å². The Bertz CT molecular complexity index is 1270. The number of carbonyl (C=O) groups excluding carboxylic acids is 1. The van der Waals surface area contributed by atoms with E-state index >= 15 is 0 Å². The molecule has 1 amide bonds. The molecule has 1 aromatic carbocycles. The first-order valence-corrected chi connectivity index (χ1v) is 9.74. The average Bonchev–Trinajstić information content (AvgIpc) is 2.78. The number of carbonyl (C=O) groups is 1. The number of amides is 1. The van der Waals surface area contributed by atoms with E-state index in [0.29, 0.717) is 34.3 Å². The summed E-state index contributed by atoms with van der Waals surface area (Å²) >= 11 is 5.20. The number of rotatable bonds is 5. The van der Waals surface area contributed by atoms with Gasteiger partial charge in [0.15, 0.2) is 4.77 Å². The zero-order valence-electron chi connectivity index (χ0n) is 16.3. The van der Waals surface area contributed by atoms with E-state index in [2.05, 4.69) is 15.0 Å². The SMILES string of the molecule is Cn1c(=S)[nH]c2cc(C(=O)N(Cc3ccncc3)Cc3cccnc3)ccc2c1=O. The van der Waals surface area contributed by atoms with Gasteiger partial charge >= 0.3 is 0 Å². The fourth-order valence-electron chi connectivity index (χ4n) is 3.24. The maximum absolute atomic E-state index is 13.4. The van der Waals surface area contributed by atoms with Crippen molar-refractivity contribution in [1.82, 2.24) is 24.4 Å². The number of pyridine rings is 2. The second-order valence-electron chi connectivity index (χ2n) is 6.93. The van der Waals surface area contributed by atoms with Crippen molar-refractivity contribution >= 4 is 29.0 Å². The molecule has 0 radical (unpaired) electrons. The van der Waals surface area contributed by atoms with Gasteiger partial charge in [0.25, 0.3) is 11.5 Å². The number of nitrogens with one attached hydrogen (secondary N) is 1. The van der Waals surface area contributed by atoms with Gasteiger partial charge in [-0.05, 0) is 59.7 Å². The van der Waals surface area contributed by atoms with Gasteiger partial charge in [-0.3, -0.25) is 24.1 Å². The molecule has 8 heteroatoms. The lowest BCUT2D eigenvalue weighted by atomic mass is 10.1. The van der Waals surface area contributed by atoms with Crippen molar-refractivity contribution in [2.75, 3.05) is 0 Å². The van der Waals surface area contributed by atoms with Crippen molar-refractivity contribution in [1.29, 1.82) is 0 Å². The van der Waals surface area contributed by atoms with Gasteiger partial charge in [-0.15, -0.1) is 0 Å². The van der Waals surface area contributed by atoms with Crippen molar-refractivity contribution in [3.8, 4) is 0 Å². The Morgan fingerprint density at radius 3 is 2.57 bits per heavy atom. The Morgan fingerprint density at radius 2 is 1.83 bits per heavy atom. The van der Waals surface area contributed by atoms with Crippen LogP contribution in [0, 0.1) is 4.77 Å².